The lowest BCUT2D eigenvalue weighted by molar-refractivity contribution is 0.487. The molecule has 3 heteroatoms. The van der Waals surface area contributed by atoms with Gasteiger partial charge in [-0.05, 0) is 52.5 Å². The second-order valence-electron chi connectivity index (χ2n) is 3.90. The summed E-state index contributed by atoms with van der Waals surface area (Å²) in [5, 5.41) is 0. The van der Waals surface area contributed by atoms with Crippen molar-refractivity contribution in [2.75, 3.05) is 0 Å². The summed E-state index contributed by atoms with van der Waals surface area (Å²) in [6.07, 6.45) is 1.64. The minimum atomic E-state index is -0.218. The van der Waals surface area contributed by atoms with Crippen molar-refractivity contribution in [3.8, 4) is 0 Å². The normalized spacial score (nSPS) is 12.8. The zero-order valence-corrected chi connectivity index (χ0v) is 10.9. The average Bonchev–Trinajstić information content (AvgIpc) is 2.68. The maximum absolute atomic E-state index is 6.21. The molecule has 2 rings (SSSR count). The van der Waals surface area contributed by atoms with Crippen LogP contribution in [0.25, 0.3) is 0 Å². The highest BCUT2D eigenvalue weighted by Gasteiger charge is 2.17. The van der Waals surface area contributed by atoms with E-state index in [1.54, 1.807) is 6.26 Å². The van der Waals surface area contributed by atoms with Gasteiger partial charge in [0.25, 0.3) is 0 Å². The molecule has 0 bridgehead atoms. The van der Waals surface area contributed by atoms with Gasteiger partial charge in [-0.2, -0.15) is 0 Å². The number of furan rings is 1. The molecule has 1 aromatic heterocycles. The Morgan fingerprint density at radius 1 is 1.25 bits per heavy atom. The zero-order valence-electron chi connectivity index (χ0n) is 9.33. The molecule has 0 saturated carbocycles. The largest absolute Gasteiger partial charge is 0.466 e. The Kier molecular flexibility index (Phi) is 3.17. The van der Waals surface area contributed by atoms with Gasteiger partial charge in [0, 0.05) is 0 Å². The van der Waals surface area contributed by atoms with Gasteiger partial charge in [0.2, 0.25) is 0 Å². The summed E-state index contributed by atoms with van der Waals surface area (Å²) in [7, 11) is 0. The summed E-state index contributed by atoms with van der Waals surface area (Å²) in [6, 6.07) is 7.80. The van der Waals surface area contributed by atoms with Crippen molar-refractivity contribution < 1.29 is 4.42 Å². The van der Waals surface area contributed by atoms with Gasteiger partial charge in [-0.3, -0.25) is 0 Å². The molecule has 1 aromatic carbocycles. The standard InChI is InChI=1S/C13H14BrNO/c1-8-4-3-5-10(9(8)2)12(15)13-11(14)6-7-16-13/h3-7,12H,15H2,1-2H3. The van der Waals surface area contributed by atoms with E-state index in [-0.39, 0.29) is 6.04 Å². The number of hydrogen-bond donors (Lipinski definition) is 1. The first-order valence-corrected chi connectivity index (χ1v) is 5.95. The maximum Gasteiger partial charge on any atom is 0.139 e. The molecule has 2 N–H and O–H groups in total. The quantitative estimate of drug-likeness (QED) is 0.910. The van der Waals surface area contributed by atoms with Crippen LogP contribution in [0.1, 0.15) is 28.5 Å². The molecule has 16 heavy (non-hydrogen) atoms. The zero-order chi connectivity index (χ0) is 11.7. The van der Waals surface area contributed by atoms with E-state index in [1.165, 1.54) is 11.1 Å². The summed E-state index contributed by atoms with van der Waals surface area (Å²) in [5.41, 5.74) is 9.78. The van der Waals surface area contributed by atoms with Crippen LogP contribution in [0.15, 0.2) is 39.4 Å². The first-order valence-electron chi connectivity index (χ1n) is 5.16. The Balaban J connectivity index is 2.46. The van der Waals surface area contributed by atoms with Gasteiger partial charge in [-0.1, -0.05) is 18.2 Å². The molecular weight excluding hydrogens is 266 g/mol. The molecule has 0 fully saturated rings. The van der Waals surface area contributed by atoms with Gasteiger partial charge in [-0.25, -0.2) is 0 Å². The second-order valence-corrected chi connectivity index (χ2v) is 4.75. The molecule has 2 nitrogen and oxygen atoms in total. The third-order valence-corrected chi connectivity index (χ3v) is 3.56. The SMILES string of the molecule is Cc1cccc(C(N)c2occc2Br)c1C. The summed E-state index contributed by atoms with van der Waals surface area (Å²) in [4.78, 5) is 0. The van der Waals surface area contributed by atoms with E-state index < -0.39 is 0 Å². The van der Waals surface area contributed by atoms with Crippen molar-refractivity contribution in [1.29, 1.82) is 0 Å². The van der Waals surface area contributed by atoms with Gasteiger partial charge in [0.1, 0.15) is 5.76 Å². The molecule has 0 saturated heterocycles. The minimum absolute atomic E-state index is 0.218. The molecule has 0 aliphatic rings. The highest BCUT2D eigenvalue weighted by molar-refractivity contribution is 9.10. The van der Waals surface area contributed by atoms with Crippen molar-refractivity contribution in [1.82, 2.24) is 0 Å². The van der Waals surface area contributed by atoms with Crippen molar-refractivity contribution in [2.45, 2.75) is 19.9 Å². The van der Waals surface area contributed by atoms with Gasteiger partial charge in [-0.15, -0.1) is 0 Å². The highest BCUT2D eigenvalue weighted by Crippen LogP contribution is 2.30. The van der Waals surface area contributed by atoms with E-state index in [0.717, 1.165) is 15.8 Å². The molecular formula is C13H14BrNO. The molecule has 0 spiro atoms. The molecule has 0 aliphatic heterocycles. The Labute approximate surface area is 104 Å². The van der Waals surface area contributed by atoms with Crippen LogP contribution in [0.2, 0.25) is 0 Å². The third kappa shape index (κ3) is 1.93. The summed E-state index contributed by atoms with van der Waals surface area (Å²) < 4.78 is 6.32. The summed E-state index contributed by atoms with van der Waals surface area (Å²) in [5.74, 6) is 0.772. The summed E-state index contributed by atoms with van der Waals surface area (Å²) in [6.45, 7) is 4.17. The number of nitrogens with two attached hydrogens (primary N) is 1. The summed E-state index contributed by atoms with van der Waals surface area (Å²) >= 11 is 3.43. The van der Waals surface area contributed by atoms with E-state index in [9.17, 15) is 0 Å². The fourth-order valence-corrected chi connectivity index (χ4v) is 2.23. The maximum atomic E-state index is 6.21. The molecule has 0 aliphatic carbocycles. The monoisotopic (exact) mass is 279 g/mol. The Morgan fingerprint density at radius 3 is 2.62 bits per heavy atom. The predicted octanol–water partition coefficient (Wildman–Crippen LogP) is 3.71. The molecule has 2 aromatic rings. The van der Waals surface area contributed by atoms with E-state index >= 15 is 0 Å². The van der Waals surface area contributed by atoms with Gasteiger partial charge in [0.15, 0.2) is 0 Å². The number of aryl methyl sites for hydroxylation is 1. The van der Waals surface area contributed by atoms with Crippen molar-refractivity contribution in [2.24, 2.45) is 5.73 Å². The number of halogens is 1. The van der Waals surface area contributed by atoms with Crippen molar-refractivity contribution in [3.05, 3.63) is 57.5 Å². The van der Waals surface area contributed by atoms with E-state index in [4.69, 9.17) is 10.2 Å². The van der Waals surface area contributed by atoms with Crippen LogP contribution >= 0.6 is 15.9 Å². The van der Waals surface area contributed by atoms with Crippen LogP contribution in [-0.4, -0.2) is 0 Å². The van der Waals surface area contributed by atoms with Gasteiger partial charge >= 0.3 is 0 Å². The number of benzene rings is 1. The molecule has 1 atom stereocenters. The van der Waals surface area contributed by atoms with Crippen LogP contribution in [-0.2, 0) is 0 Å². The Hall–Kier alpha value is -1.06. The molecule has 0 amide bonds. The first kappa shape index (κ1) is 11.4. The molecule has 0 radical (unpaired) electrons. The van der Waals surface area contributed by atoms with Crippen LogP contribution in [0.5, 0.6) is 0 Å². The predicted molar refractivity (Wildman–Crippen MR) is 68.4 cm³/mol. The molecule has 84 valence electrons. The lowest BCUT2D eigenvalue weighted by Gasteiger charge is -2.14. The van der Waals surface area contributed by atoms with Crippen molar-refractivity contribution in [3.63, 3.8) is 0 Å². The Morgan fingerprint density at radius 2 is 2.00 bits per heavy atom. The topological polar surface area (TPSA) is 39.2 Å². The first-order chi connectivity index (χ1) is 7.61. The minimum Gasteiger partial charge on any atom is -0.466 e. The fraction of sp³-hybridized carbons (Fsp3) is 0.231. The van der Waals surface area contributed by atoms with Gasteiger partial charge in [0.05, 0.1) is 16.8 Å². The molecule has 1 heterocycles. The number of rotatable bonds is 2. The lowest BCUT2D eigenvalue weighted by Crippen LogP contribution is -2.13. The number of hydrogen-bond acceptors (Lipinski definition) is 2. The van der Waals surface area contributed by atoms with Crippen LogP contribution < -0.4 is 5.73 Å². The average molecular weight is 280 g/mol. The Bertz CT molecular complexity index is 504. The van der Waals surface area contributed by atoms with E-state index in [0.29, 0.717) is 0 Å². The second kappa shape index (κ2) is 4.44. The third-order valence-electron chi connectivity index (χ3n) is 2.91. The van der Waals surface area contributed by atoms with Crippen LogP contribution in [0.4, 0.5) is 0 Å². The van der Waals surface area contributed by atoms with Crippen molar-refractivity contribution >= 4 is 15.9 Å². The highest BCUT2D eigenvalue weighted by atomic mass is 79.9. The fourth-order valence-electron chi connectivity index (χ4n) is 1.78. The van der Waals surface area contributed by atoms with Crippen LogP contribution in [0, 0.1) is 13.8 Å². The van der Waals surface area contributed by atoms with E-state index in [1.807, 2.05) is 18.2 Å². The smallest absolute Gasteiger partial charge is 0.139 e. The molecule has 1 unspecified atom stereocenters. The van der Waals surface area contributed by atoms with Crippen LogP contribution in [0.3, 0.4) is 0 Å². The van der Waals surface area contributed by atoms with Gasteiger partial charge < -0.3 is 10.2 Å². The van der Waals surface area contributed by atoms with E-state index in [2.05, 4.69) is 35.8 Å². The lowest BCUT2D eigenvalue weighted by atomic mass is 9.97.